The number of ether oxygens (including phenoxy) is 1. The zero-order valence-electron chi connectivity index (χ0n) is 12.7. The molecule has 104 valence electrons. The third-order valence-corrected chi connectivity index (χ3v) is 5.24. The van der Waals surface area contributed by atoms with Gasteiger partial charge in [0, 0.05) is 32.5 Å². The van der Waals surface area contributed by atoms with E-state index in [9.17, 15) is 0 Å². The molecule has 0 amide bonds. The second kappa shape index (κ2) is 5.47. The summed E-state index contributed by atoms with van der Waals surface area (Å²) in [5, 5.41) is 1.23. The van der Waals surface area contributed by atoms with Crippen molar-refractivity contribution in [3.05, 3.63) is 29.6 Å². The number of aromatic nitrogens is 2. The summed E-state index contributed by atoms with van der Waals surface area (Å²) >= 11 is 0. The molecule has 3 nitrogen and oxygen atoms in total. The Labute approximate surface area is 116 Å². The maximum atomic E-state index is 5.79. The minimum Gasteiger partial charge on any atom is -0.361 e. The molecule has 0 aliphatic heterocycles. The predicted molar refractivity (Wildman–Crippen MR) is 83.3 cm³/mol. The average Bonchev–Trinajstić information content (AvgIpc) is 2.72. The first-order valence-electron chi connectivity index (χ1n) is 6.87. The number of hydrogen-bond acceptors (Lipinski definition) is 2. The number of pyridine rings is 1. The SMILES string of the molecule is Cc1cnc2c(ccn2COCC[Si](C)(C)C)c1C. The third-order valence-electron chi connectivity index (χ3n) is 3.54. The van der Waals surface area contributed by atoms with Crippen LogP contribution in [0.25, 0.3) is 11.0 Å². The van der Waals surface area contributed by atoms with E-state index >= 15 is 0 Å². The average molecular weight is 276 g/mol. The van der Waals surface area contributed by atoms with Crippen LogP contribution in [0, 0.1) is 13.8 Å². The van der Waals surface area contributed by atoms with Gasteiger partial charge in [-0.2, -0.15) is 0 Å². The van der Waals surface area contributed by atoms with Crippen LogP contribution in [0.2, 0.25) is 25.7 Å². The highest BCUT2D eigenvalue weighted by atomic mass is 28.3. The van der Waals surface area contributed by atoms with Crippen molar-refractivity contribution < 1.29 is 4.74 Å². The number of aryl methyl sites for hydroxylation is 2. The lowest BCUT2D eigenvalue weighted by Gasteiger charge is -2.15. The topological polar surface area (TPSA) is 27.1 Å². The highest BCUT2D eigenvalue weighted by Crippen LogP contribution is 2.20. The summed E-state index contributed by atoms with van der Waals surface area (Å²) in [4.78, 5) is 4.52. The molecule has 2 heterocycles. The molecular formula is C15H24N2OSi. The Morgan fingerprint density at radius 1 is 1.26 bits per heavy atom. The Balaban J connectivity index is 2.04. The number of hydrogen-bond donors (Lipinski definition) is 0. The van der Waals surface area contributed by atoms with Gasteiger partial charge in [-0.1, -0.05) is 19.6 Å². The van der Waals surface area contributed by atoms with Crippen molar-refractivity contribution in [2.24, 2.45) is 0 Å². The summed E-state index contributed by atoms with van der Waals surface area (Å²) in [6.07, 6.45) is 4.01. The Hall–Kier alpha value is -1.13. The molecule has 0 saturated carbocycles. The van der Waals surface area contributed by atoms with Gasteiger partial charge in [0.2, 0.25) is 0 Å². The first kappa shape index (κ1) is 14.3. The van der Waals surface area contributed by atoms with E-state index in [1.54, 1.807) is 0 Å². The highest BCUT2D eigenvalue weighted by Gasteiger charge is 2.12. The molecule has 0 saturated heterocycles. The summed E-state index contributed by atoms with van der Waals surface area (Å²) in [6, 6.07) is 3.34. The lowest BCUT2D eigenvalue weighted by Crippen LogP contribution is -2.22. The Morgan fingerprint density at radius 2 is 2.00 bits per heavy atom. The molecule has 4 heteroatoms. The Morgan fingerprint density at radius 3 is 2.68 bits per heavy atom. The van der Waals surface area contributed by atoms with Crippen LogP contribution in [-0.2, 0) is 11.5 Å². The van der Waals surface area contributed by atoms with Crippen molar-refractivity contribution >= 4 is 19.1 Å². The van der Waals surface area contributed by atoms with Crippen LogP contribution in [0.3, 0.4) is 0 Å². The molecule has 2 aromatic heterocycles. The van der Waals surface area contributed by atoms with Crippen molar-refractivity contribution in [3.8, 4) is 0 Å². The van der Waals surface area contributed by atoms with E-state index in [-0.39, 0.29) is 0 Å². The number of nitrogens with zero attached hydrogens (tertiary/aromatic N) is 2. The first-order chi connectivity index (χ1) is 8.88. The van der Waals surface area contributed by atoms with E-state index in [2.05, 4.69) is 55.3 Å². The van der Waals surface area contributed by atoms with Crippen LogP contribution in [0.4, 0.5) is 0 Å². The molecule has 2 aromatic rings. The monoisotopic (exact) mass is 276 g/mol. The molecule has 0 aliphatic carbocycles. The first-order valence-corrected chi connectivity index (χ1v) is 10.6. The Bertz CT molecular complexity index is 569. The standard InChI is InChI=1S/C15H24N2OSi/c1-12-10-16-15-14(13(12)2)6-7-17(15)11-18-8-9-19(3,4)5/h6-7,10H,8-9,11H2,1-5H3. The van der Waals surface area contributed by atoms with Gasteiger partial charge < -0.3 is 9.30 Å². The van der Waals surface area contributed by atoms with E-state index < -0.39 is 8.07 Å². The van der Waals surface area contributed by atoms with Gasteiger partial charge in [0.1, 0.15) is 12.4 Å². The molecule has 0 unspecified atom stereocenters. The Kier molecular flexibility index (Phi) is 4.11. The van der Waals surface area contributed by atoms with Crippen molar-refractivity contribution in [2.45, 2.75) is 46.3 Å². The molecule has 0 spiro atoms. The molecule has 2 rings (SSSR count). The summed E-state index contributed by atoms with van der Waals surface area (Å²) < 4.78 is 7.88. The van der Waals surface area contributed by atoms with E-state index in [1.807, 2.05) is 6.20 Å². The van der Waals surface area contributed by atoms with Gasteiger partial charge in [0.15, 0.2) is 0 Å². The predicted octanol–water partition coefficient (Wildman–Crippen LogP) is 3.97. The lowest BCUT2D eigenvalue weighted by atomic mass is 10.1. The number of fused-ring (bicyclic) bond motifs is 1. The minimum atomic E-state index is -0.999. The van der Waals surface area contributed by atoms with Crippen LogP contribution in [0.5, 0.6) is 0 Å². The molecule has 0 radical (unpaired) electrons. The molecule has 0 fully saturated rings. The maximum Gasteiger partial charge on any atom is 0.142 e. The summed E-state index contributed by atoms with van der Waals surface area (Å²) in [6.45, 7) is 12.8. The van der Waals surface area contributed by atoms with Gasteiger partial charge in [-0.25, -0.2) is 4.98 Å². The molecule has 0 N–H and O–H groups in total. The fourth-order valence-electron chi connectivity index (χ4n) is 2.01. The van der Waals surface area contributed by atoms with Gasteiger partial charge in [0.05, 0.1) is 0 Å². The van der Waals surface area contributed by atoms with Crippen molar-refractivity contribution in [1.82, 2.24) is 9.55 Å². The molecule has 19 heavy (non-hydrogen) atoms. The van der Waals surface area contributed by atoms with E-state index in [0.717, 1.165) is 12.3 Å². The van der Waals surface area contributed by atoms with Crippen molar-refractivity contribution in [1.29, 1.82) is 0 Å². The summed E-state index contributed by atoms with van der Waals surface area (Å²) in [5.41, 5.74) is 3.58. The largest absolute Gasteiger partial charge is 0.361 e. The number of rotatable bonds is 5. The van der Waals surface area contributed by atoms with Gasteiger partial charge in [-0.3, -0.25) is 0 Å². The zero-order chi connectivity index (χ0) is 14.0. The lowest BCUT2D eigenvalue weighted by molar-refractivity contribution is 0.0899. The normalized spacial score (nSPS) is 12.3. The van der Waals surface area contributed by atoms with Crippen molar-refractivity contribution in [2.75, 3.05) is 6.61 Å². The molecule has 0 atom stereocenters. The van der Waals surface area contributed by atoms with E-state index in [0.29, 0.717) is 6.73 Å². The smallest absolute Gasteiger partial charge is 0.142 e. The van der Waals surface area contributed by atoms with Crippen LogP contribution in [0.15, 0.2) is 18.5 Å². The van der Waals surface area contributed by atoms with Crippen LogP contribution < -0.4 is 0 Å². The molecular weight excluding hydrogens is 252 g/mol. The molecule has 0 aromatic carbocycles. The van der Waals surface area contributed by atoms with E-state index in [4.69, 9.17) is 4.74 Å². The van der Waals surface area contributed by atoms with Crippen LogP contribution in [0.1, 0.15) is 11.1 Å². The minimum absolute atomic E-state index is 0.601. The van der Waals surface area contributed by atoms with Crippen molar-refractivity contribution in [3.63, 3.8) is 0 Å². The van der Waals surface area contributed by atoms with Crippen LogP contribution in [-0.4, -0.2) is 24.2 Å². The van der Waals surface area contributed by atoms with Gasteiger partial charge in [0.25, 0.3) is 0 Å². The van der Waals surface area contributed by atoms with Gasteiger partial charge in [-0.15, -0.1) is 0 Å². The zero-order valence-corrected chi connectivity index (χ0v) is 13.7. The summed E-state index contributed by atoms with van der Waals surface area (Å²) in [5.74, 6) is 0. The maximum absolute atomic E-state index is 5.79. The fourth-order valence-corrected chi connectivity index (χ4v) is 2.77. The highest BCUT2D eigenvalue weighted by molar-refractivity contribution is 6.76. The third kappa shape index (κ3) is 3.45. The molecule has 0 aliphatic rings. The van der Waals surface area contributed by atoms with Crippen LogP contribution >= 0.6 is 0 Å². The van der Waals surface area contributed by atoms with Gasteiger partial charge >= 0.3 is 0 Å². The quantitative estimate of drug-likeness (QED) is 0.610. The van der Waals surface area contributed by atoms with Gasteiger partial charge in [-0.05, 0) is 37.1 Å². The fraction of sp³-hybridized carbons (Fsp3) is 0.533. The second-order valence-corrected chi connectivity index (χ2v) is 12.1. The second-order valence-electron chi connectivity index (χ2n) is 6.44. The summed E-state index contributed by atoms with van der Waals surface area (Å²) in [7, 11) is -0.999. The van der Waals surface area contributed by atoms with E-state index in [1.165, 1.54) is 22.6 Å². The molecule has 0 bridgehead atoms.